The Kier molecular flexibility index (Phi) is 5.00. The number of carbonyl (C=O) groups is 1. The molecular formula is C21H27FN4O. The van der Waals surface area contributed by atoms with Gasteiger partial charge in [0.2, 0.25) is 5.91 Å². The van der Waals surface area contributed by atoms with Crippen molar-refractivity contribution in [1.82, 2.24) is 19.4 Å². The molecule has 5 nitrogen and oxygen atoms in total. The standard InChI is InChI=1S/C21H27FN4O/c1-24-16-23-13-19(24)15-25-11-2-8-21(10-12-25)9-7-20(27)26(21)14-17-3-5-18(22)6-4-17/h3-6,13,16H,2,7-12,14-15H2,1H3. The molecule has 1 amide bonds. The predicted octanol–water partition coefficient (Wildman–Crippen LogP) is 3.11. The minimum atomic E-state index is -0.235. The van der Waals surface area contributed by atoms with Crippen LogP contribution in [0.2, 0.25) is 0 Å². The molecule has 0 aliphatic carbocycles. The van der Waals surface area contributed by atoms with Crippen LogP contribution in [0, 0.1) is 5.82 Å². The molecule has 0 bridgehead atoms. The molecule has 2 aliphatic rings. The fourth-order valence-corrected chi connectivity index (χ4v) is 4.58. The average molecular weight is 370 g/mol. The van der Waals surface area contributed by atoms with Gasteiger partial charge in [-0.1, -0.05) is 12.1 Å². The maximum atomic E-state index is 13.2. The molecule has 144 valence electrons. The van der Waals surface area contributed by atoms with Gasteiger partial charge in [-0.05, 0) is 49.9 Å². The van der Waals surface area contributed by atoms with Crippen LogP contribution in [0.3, 0.4) is 0 Å². The van der Waals surface area contributed by atoms with Crippen molar-refractivity contribution in [3.63, 3.8) is 0 Å². The van der Waals surface area contributed by atoms with E-state index in [9.17, 15) is 9.18 Å². The van der Waals surface area contributed by atoms with Gasteiger partial charge >= 0.3 is 0 Å². The minimum absolute atomic E-state index is 0.0489. The van der Waals surface area contributed by atoms with E-state index in [2.05, 4.69) is 19.4 Å². The molecule has 4 rings (SSSR count). The highest BCUT2D eigenvalue weighted by atomic mass is 19.1. The van der Waals surface area contributed by atoms with E-state index in [0.717, 1.165) is 50.9 Å². The third-order valence-corrected chi connectivity index (χ3v) is 6.24. The van der Waals surface area contributed by atoms with Crippen molar-refractivity contribution >= 4 is 5.91 Å². The van der Waals surface area contributed by atoms with E-state index >= 15 is 0 Å². The summed E-state index contributed by atoms with van der Waals surface area (Å²) >= 11 is 0. The van der Waals surface area contributed by atoms with Crippen LogP contribution in [0.15, 0.2) is 36.8 Å². The Morgan fingerprint density at radius 3 is 2.67 bits per heavy atom. The van der Waals surface area contributed by atoms with Crippen LogP contribution in [0.4, 0.5) is 4.39 Å². The van der Waals surface area contributed by atoms with E-state index in [-0.39, 0.29) is 17.3 Å². The third-order valence-electron chi connectivity index (χ3n) is 6.24. The molecule has 27 heavy (non-hydrogen) atoms. The third kappa shape index (κ3) is 3.76. The zero-order chi connectivity index (χ0) is 18.9. The molecule has 2 aromatic rings. The molecule has 1 unspecified atom stereocenters. The Labute approximate surface area is 159 Å². The van der Waals surface area contributed by atoms with Crippen LogP contribution >= 0.6 is 0 Å². The Morgan fingerprint density at radius 2 is 1.93 bits per heavy atom. The molecule has 3 heterocycles. The van der Waals surface area contributed by atoms with E-state index < -0.39 is 0 Å². The van der Waals surface area contributed by atoms with Crippen molar-refractivity contribution in [1.29, 1.82) is 0 Å². The smallest absolute Gasteiger partial charge is 0.223 e. The summed E-state index contributed by atoms with van der Waals surface area (Å²) in [7, 11) is 2.03. The number of hydrogen-bond donors (Lipinski definition) is 0. The van der Waals surface area contributed by atoms with E-state index in [1.54, 1.807) is 12.1 Å². The summed E-state index contributed by atoms with van der Waals surface area (Å²) < 4.78 is 15.3. The summed E-state index contributed by atoms with van der Waals surface area (Å²) in [5, 5.41) is 0. The zero-order valence-electron chi connectivity index (χ0n) is 15.9. The number of hydrogen-bond acceptors (Lipinski definition) is 3. The second-order valence-electron chi connectivity index (χ2n) is 7.96. The Bertz CT molecular complexity index is 803. The summed E-state index contributed by atoms with van der Waals surface area (Å²) in [6.45, 7) is 3.52. The molecule has 2 aliphatic heterocycles. The van der Waals surface area contributed by atoms with E-state index in [4.69, 9.17) is 0 Å². The highest BCUT2D eigenvalue weighted by Gasteiger charge is 2.45. The molecule has 1 aromatic heterocycles. The van der Waals surface area contributed by atoms with Crippen molar-refractivity contribution < 1.29 is 9.18 Å². The summed E-state index contributed by atoms with van der Waals surface area (Å²) in [6, 6.07) is 6.54. The number of halogens is 1. The molecular weight excluding hydrogens is 343 g/mol. The van der Waals surface area contributed by atoms with E-state index in [0.29, 0.717) is 13.0 Å². The molecule has 6 heteroatoms. The van der Waals surface area contributed by atoms with Crippen LogP contribution < -0.4 is 0 Å². The number of nitrogens with zero attached hydrogens (tertiary/aromatic N) is 4. The predicted molar refractivity (Wildman–Crippen MR) is 101 cm³/mol. The quantitative estimate of drug-likeness (QED) is 0.830. The number of carbonyl (C=O) groups excluding carboxylic acids is 1. The molecule has 0 radical (unpaired) electrons. The lowest BCUT2D eigenvalue weighted by Crippen LogP contribution is -2.45. The van der Waals surface area contributed by atoms with Gasteiger partial charge < -0.3 is 9.47 Å². The number of aryl methyl sites for hydroxylation is 1. The monoisotopic (exact) mass is 370 g/mol. The highest BCUT2D eigenvalue weighted by molar-refractivity contribution is 5.79. The maximum absolute atomic E-state index is 13.2. The van der Waals surface area contributed by atoms with Crippen LogP contribution in [0.25, 0.3) is 0 Å². The van der Waals surface area contributed by atoms with Gasteiger partial charge in [0.15, 0.2) is 0 Å². The van der Waals surface area contributed by atoms with E-state index in [1.165, 1.54) is 17.8 Å². The number of rotatable bonds is 4. The Hall–Kier alpha value is -2.21. The summed E-state index contributed by atoms with van der Waals surface area (Å²) in [4.78, 5) is 21.4. The SMILES string of the molecule is Cn1cncc1CN1CCCC2(CCC(=O)N2Cc2ccc(F)cc2)CC1. The second-order valence-corrected chi connectivity index (χ2v) is 7.96. The van der Waals surface area contributed by atoms with Crippen molar-refractivity contribution in [2.45, 2.75) is 50.7 Å². The first-order valence-electron chi connectivity index (χ1n) is 9.78. The van der Waals surface area contributed by atoms with Crippen LogP contribution in [0.5, 0.6) is 0 Å². The highest BCUT2D eigenvalue weighted by Crippen LogP contribution is 2.40. The summed E-state index contributed by atoms with van der Waals surface area (Å²) in [5.41, 5.74) is 2.17. The normalized spacial score (nSPS) is 23.9. The molecule has 2 saturated heterocycles. The Balaban J connectivity index is 1.46. The van der Waals surface area contributed by atoms with Gasteiger partial charge in [0.25, 0.3) is 0 Å². The van der Waals surface area contributed by atoms with Gasteiger partial charge in [-0.2, -0.15) is 0 Å². The van der Waals surface area contributed by atoms with Crippen molar-refractivity contribution in [2.24, 2.45) is 7.05 Å². The summed E-state index contributed by atoms with van der Waals surface area (Å²) in [5.74, 6) is 0.000828. The molecule has 0 N–H and O–H groups in total. The lowest BCUT2D eigenvalue weighted by atomic mass is 9.87. The number of likely N-dealkylation sites (tertiary alicyclic amines) is 2. The van der Waals surface area contributed by atoms with Gasteiger partial charge in [0.05, 0.1) is 12.0 Å². The topological polar surface area (TPSA) is 41.4 Å². The second kappa shape index (κ2) is 7.43. The molecule has 1 spiro atoms. The van der Waals surface area contributed by atoms with Crippen LogP contribution in [-0.4, -0.2) is 43.9 Å². The van der Waals surface area contributed by atoms with Gasteiger partial charge in [-0.15, -0.1) is 0 Å². The largest absolute Gasteiger partial charge is 0.337 e. The van der Waals surface area contributed by atoms with Crippen LogP contribution in [0.1, 0.15) is 43.4 Å². The van der Waals surface area contributed by atoms with Gasteiger partial charge in [0, 0.05) is 44.8 Å². The minimum Gasteiger partial charge on any atom is -0.337 e. The van der Waals surface area contributed by atoms with Crippen molar-refractivity contribution in [3.05, 3.63) is 53.9 Å². The number of aromatic nitrogens is 2. The van der Waals surface area contributed by atoms with Gasteiger partial charge in [0.1, 0.15) is 5.82 Å². The first kappa shape index (κ1) is 18.2. The fourth-order valence-electron chi connectivity index (χ4n) is 4.58. The van der Waals surface area contributed by atoms with Crippen molar-refractivity contribution in [3.8, 4) is 0 Å². The number of amides is 1. The maximum Gasteiger partial charge on any atom is 0.223 e. The first-order valence-corrected chi connectivity index (χ1v) is 9.78. The fraction of sp³-hybridized carbons (Fsp3) is 0.524. The molecule has 1 aromatic carbocycles. The average Bonchev–Trinajstić information content (AvgIpc) is 3.11. The van der Waals surface area contributed by atoms with Gasteiger partial charge in [-0.3, -0.25) is 9.69 Å². The molecule has 2 fully saturated rings. The first-order chi connectivity index (χ1) is 13.1. The lowest BCUT2D eigenvalue weighted by Gasteiger charge is -2.38. The van der Waals surface area contributed by atoms with Crippen LogP contribution in [-0.2, 0) is 24.9 Å². The summed E-state index contributed by atoms with van der Waals surface area (Å²) in [6.07, 6.45) is 8.47. The number of imidazole rings is 1. The van der Waals surface area contributed by atoms with Crippen molar-refractivity contribution in [2.75, 3.05) is 13.1 Å². The molecule has 0 saturated carbocycles. The lowest BCUT2D eigenvalue weighted by molar-refractivity contribution is -0.132. The molecule has 1 atom stereocenters. The van der Waals surface area contributed by atoms with E-state index in [1.807, 2.05) is 19.6 Å². The zero-order valence-corrected chi connectivity index (χ0v) is 15.9. The van der Waals surface area contributed by atoms with Gasteiger partial charge in [-0.25, -0.2) is 9.37 Å². The number of benzene rings is 1. The Morgan fingerprint density at radius 1 is 1.11 bits per heavy atom.